The smallest absolute Gasteiger partial charge is 0.412 e. The molecule has 2 aliphatic rings. The van der Waals surface area contributed by atoms with Gasteiger partial charge in [0.15, 0.2) is 0 Å². The van der Waals surface area contributed by atoms with Gasteiger partial charge in [-0.2, -0.15) is 0 Å². The van der Waals surface area contributed by atoms with E-state index in [9.17, 15) is 9.59 Å². The largest absolute Gasteiger partial charge is 0.496 e. The summed E-state index contributed by atoms with van der Waals surface area (Å²) in [6.45, 7) is 12.1. The molecule has 258 valence electrons. The molecule has 0 bridgehead atoms. The van der Waals surface area contributed by atoms with E-state index in [0.717, 1.165) is 40.2 Å². The van der Waals surface area contributed by atoms with Gasteiger partial charge in [-0.25, -0.2) is 9.59 Å². The fourth-order valence-electron chi connectivity index (χ4n) is 6.11. The van der Waals surface area contributed by atoms with Gasteiger partial charge in [0, 0.05) is 35.6 Å². The molecule has 10 heteroatoms. The number of piperidine rings is 1. The lowest BCUT2D eigenvalue weighted by molar-refractivity contribution is -0.0360. The average Bonchev–Trinajstić information content (AvgIpc) is 3.04. The second-order valence-corrected chi connectivity index (χ2v) is 13.7. The summed E-state index contributed by atoms with van der Waals surface area (Å²) in [5.74, 6) is 1.64. The Morgan fingerprint density at radius 2 is 1.73 bits per heavy atom. The number of methoxy groups -OCH3 is 1. The van der Waals surface area contributed by atoms with E-state index >= 15 is 0 Å². The molecular weight excluding hydrogens is 612 g/mol. The Morgan fingerprint density at radius 3 is 2.48 bits per heavy atom. The first-order valence-corrected chi connectivity index (χ1v) is 16.6. The standard InChI is InChI=1S/C38H48N2O8/c1-37(2,3)48-36(42)40-20-19-30(33(23-40)46-25-28-12-9-13-31-34(28)39-35(41)47-38(31,4)5)26-15-17-29(18-16-26)45-22-10-21-44-24-27-11-7-8-14-32(27)43-6/h7-9,11-18,30,33H,10,19-25H2,1-6H3,(H,39,41). The van der Waals surface area contributed by atoms with Crippen molar-refractivity contribution in [1.29, 1.82) is 0 Å². The molecule has 0 radical (unpaired) electrons. The lowest BCUT2D eigenvalue weighted by Gasteiger charge is -2.39. The number of nitrogens with one attached hydrogen (secondary N) is 1. The minimum absolute atomic E-state index is 0.0371. The fourth-order valence-corrected chi connectivity index (χ4v) is 6.11. The normalized spacial score (nSPS) is 18.7. The molecule has 2 atom stereocenters. The summed E-state index contributed by atoms with van der Waals surface area (Å²) < 4.78 is 35.0. The molecular formula is C38H48N2O8. The Morgan fingerprint density at radius 1 is 0.979 bits per heavy atom. The molecule has 3 aromatic carbocycles. The van der Waals surface area contributed by atoms with Gasteiger partial charge in [0.05, 0.1) is 51.9 Å². The molecule has 1 saturated heterocycles. The van der Waals surface area contributed by atoms with Crippen LogP contribution in [0.1, 0.15) is 75.6 Å². The van der Waals surface area contributed by atoms with Gasteiger partial charge >= 0.3 is 12.2 Å². The number of hydrogen-bond donors (Lipinski definition) is 1. The summed E-state index contributed by atoms with van der Waals surface area (Å²) in [4.78, 5) is 27.1. The van der Waals surface area contributed by atoms with E-state index in [1.54, 1.807) is 12.0 Å². The van der Waals surface area contributed by atoms with Crippen molar-refractivity contribution in [2.75, 3.05) is 38.7 Å². The highest BCUT2D eigenvalue weighted by Crippen LogP contribution is 2.39. The van der Waals surface area contributed by atoms with Gasteiger partial charge in [0.1, 0.15) is 22.7 Å². The van der Waals surface area contributed by atoms with Crippen LogP contribution in [0.15, 0.2) is 66.7 Å². The topological polar surface area (TPSA) is 105 Å². The summed E-state index contributed by atoms with van der Waals surface area (Å²) in [6.07, 6.45) is 0.307. The number of likely N-dealkylation sites (tertiary alicyclic amines) is 1. The summed E-state index contributed by atoms with van der Waals surface area (Å²) in [5.41, 5.74) is 3.21. The zero-order valence-corrected chi connectivity index (χ0v) is 28.9. The lowest BCUT2D eigenvalue weighted by atomic mass is 9.87. The third kappa shape index (κ3) is 8.99. The molecule has 0 aliphatic carbocycles. The van der Waals surface area contributed by atoms with Gasteiger partial charge in [-0.1, -0.05) is 48.5 Å². The van der Waals surface area contributed by atoms with Gasteiger partial charge < -0.3 is 33.3 Å². The molecule has 0 aromatic heterocycles. The highest BCUT2D eigenvalue weighted by molar-refractivity contribution is 5.90. The minimum atomic E-state index is -0.762. The first kappa shape index (κ1) is 35.0. The Labute approximate surface area is 283 Å². The molecule has 2 heterocycles. The first-order chi connectivity index (χ1) is 22.9. The van der Waals surface area contributed by atoms with Crippen LogP contribution in [-0.4, -0.2) is 62.2 Å². The van der Waals surface area contributed by atoms with Crippen molar-refractivity contribution in [1.82, 2.24) is 4.90 Å². The van der Waals surface area contributed by atoms with Crippen LogP contribution >= 0.6 is 0 Å². The monoisotopic (exact) mass is 660 g/mol. The maximum atomic E-state index is 13.0. The Balaban J connectivity index is 1.21. The zero-order valence-electron chi connectivity index (χ0n) is 28.9. The van der Waals surface area contributed by atoms with Crippen molar-refractivity contribution in [2.45, 2.75) is 83.9 Å². The van der Waals surface area contributed by atoms with Crippen LogP contribution in [0.5, 0.6) is 11.5 Å². The van der Waals surface area contributed by atoms with Crippen LogP contribution in [0.4, 0.5) is 15.3 Å². The quantitative estimate of drug-likeness (QED) is 0.196. The third-order valence-corrected chi connectivity index (χ3v) is 8.50. The minimum Gasteiger partial charge on any atom is -0.496 e. The van der Waals surface area contributed by atoms with Crippen LogP contribution in [0.3, 0.4) is 0 Å². The Hall–Kier alpha value is -4.28. The summed E-state index contributed by atoms with van der Waals surface area (Å²) in [5, 5.41) is 2.86. The number of benzene rings is 3. The molecule has 10 nitrogen and oxygen atoms in total. The number of fused-ring (bicyclic) bond motifs is 1. The molecule has 3 aromatic rings. The van der Waals surface area contributed by atoms with Crippen LogP contribution in [0.2, 0.25) is 0 Å². The van der Waals surface area contributed by atoms with Crippen molar-refractivity contribution in [3.8, 4) is 11.5 Å². The van der Waals surface area contributed by atoms with E-state index < -0.39 is 17.3 Å². The molecule has 2 aliphatic heterocycles. The van der Waals surface area contributed by atoms with Crippen molar-refractivity contribution in [3.05, 3.63) is 89.0 Å². The van der Waals surface area contributed by atoms with Crippen molar-refractivity contribution in [3.63, 3.8) is 0 Å². The van der Waals surface area contributed by atoms with E-state index in [2.05, 4.69) is 17.4 Å². The number of para-hydroxylation sites is 2. The van der Waals surface area contributed by atoms with Crippen LogP contribution < -0.4 is 14.8 Å². The van der Waals surface area contributed by atoms with Crippen LogP contribution in [-0.2, 0) is 37.8 Å². The number of amides is 2. The highest BCUT2D eigenvalue weighted by atomic mass is 16.6. The number of carbonyl (C=O) groups excluding carboxylic acids is 2. The summed E-state index contributed by atoms with van der Waals surface area (Å²) in [7, 11) is 1.66. The maximum absolute atomic E-state index is 13.0. The fraction of sp³-hybridized carbons (Fsp3) is 0.474. The Kier molecular flexibility index (Phi) is 11.2. The van der Waals surface area contributed by atoms with E-state index in [4.69, 9.17) is 28.4 Å². The highest BCUT2D eigenvalue weighted by Gasteiger charge is 2.37. The zero-order chi connectivity index (χ0) is 34.3. The van der Waals surface area contributed by atoms with Crippen molar-refractivity contribution >= 4 is 17.9 Å². The number of rotatable bonds is 12. The van der Waals surface area contributed by atoms with Crippen molar-refractivity contribution < 1.29 is 38.0 Å². The predicted molar refractivity (Wildman–Crippen MR) is 183 cm³/mol. The summed E-state index contributed by atoms with van der Waals surface area (Å²) in [6, 6.07) is 21.8. The molecule has 2 unspecified atom stereocenters. The molecule has 2 amide bonds. The molecule has 1 N–H and O–H groups in total. The molecule has 48 heavy (non-hydrogen) atoms. The van der Waals surface area contributed by atoms with Gasteiger partial charge in [-0.05, 0) is 64.8 Å². The molecule has 0 spiro atoms. The van der Waals surface area contributed by atoms with E-state index in [-0.39, 0.29) is 24.7 Å². The molecule has 5 rings (SSSR count). The molecule has 0 saturated carbocycles. The number of carbonyl (C=O) groups is 2. The number of ether oxygens (including phenoxy) is 6. The second kappa shape index (κ2) is 15.3. The van der Waals surface area contributed by atoms with Gasteiger partial charge in [0.25, 0.3) is 0 Å². The van der Waals surface area contributed by atoms with E-state index in [1.807, 2.05) is 89.2 Å². The van der Waals surface area contributed by atoms with Gasteiger partial charge in [0.2, 0.25) is 0 Å². The SMILES string of the molecule is COc1ccccc1COCCCOc1ccc(C2CCN(C(=O)OC(C)(C)C)CC2OCc2cccc3c2NC(=O)OC3(C)C)cc1. The van der Waals surface area contributed by atoms with E-state index in [1.165, 1.54) is 0 Å². The number of anilines is 1. The van der Waals surface area contributed by atoms with Crippen molar-refractivity contribution in [2.24, 2.45) is 0 Å². The van der Waals surface area contributed by atoms with E-state index in [0.29, 0.717) is 45.0 Å². The van der Waals surface area contributed by atoms with Crippen LogP contribution in [0.25, 0.3) is 0 Å². The maximum Gasteiger partial charge on any atom is 0.412 e. The number of hydrogen-bond acceptors (Lipinski definition) is 8. The number of cyclic esters (lactones) is 1. The lowest BCUT2D eigenvalue weighted by Crippen LogP contribution is -2.48. The van der Waals surface area contributed by atoms with Gasteiger partial charge in [-0.15, -0.1) is 0 Å². The number of nitrogens with zero attached hydrogens (tertiary/aromatic N) is 1. The Bertz CT molecular complexity index is 1550. The second-order valence-electron chi connectivity index (χ2n) is 13.7. The van der Waals surface area contributed by atoms with Crippen LogP contribution in [0, 0.1) is 0 Å². The average molecular weight is 661 g/mol. The first-order valence-electron chi connectivity index (χ1n) is 16.6. The van der Waals surface area contributed by atoms with Gasteiger partial charge in [-0.3, -0.25) is 5.32 Å². The summed E-state index contributed by atoms with van der Waals surface area (Å²) >= 11 is 0. The molecule has 1 fully saturated rings. The predicted octanol–water partition coefficient (Wildman–Crippen LogP) is 7.79. The third-order valence-electron chi connectivity index (χ3n) is 8.50.